The van der Waals surface area contributed by atoms with Crippen LogP contribution in [0.2, 0.25) is 0 Å². The number of pyridine rings is 1. The second kappa shape index (κ2) is 7.36. The minimum atomic E-state index is 0.594. The van der Waals surface area contributed by atoms with E-state index in [1.54, 1.807) is 0 Å². The molecule has 0 aliphatic carbocycles. The summed E-state index contributed by atoms with van der Waals surface area (Å²) in [5, 5.41) is 3.48. The van der Waals surface area contributed by atoms with E-state index in [0.29, 0.717) is 6.04 Å². The maximum absolute atomic E-state index is 4.01. The van der Waals surface area contributed by atoms with Crippen LogP contribution in [0.15, 0.2) is 24.5 Å². The Morgan fingerprint density at radius 3 is 2.44 bits per heavy atom. The summed E-state index contributed by atoms with van der Waals surface area (Å²) in [6.45, 7) is 10.9. The molecule has 0 aromatic carbocycles. The van der Waals surface area contributed by atoms with Crippen LogP contribution in [0.1, 0.15) is 26.3 Å². The normalized spacial score (nSPS) is 13.0. The van der Waals surface area contributed by atoms with Gasteiger partial charge >= 0.3 is 0 Å². The van der Waals surface area contributed by atoms with E-state index in [9.17, 15) is 0 Å². The van der Waals surface area contributed by atoms with Crippen molar-refractivity contribution in [2.75, 3.05) is 19.6 Å². The standard InChI is InChI=1S/C13H23N3/c1-4-16(5-2)12(3)10-15-11-13-6-8-14-9-7-13/h6-9,12,15H,4-5,10-11H2,1-3H3. The smallest absolute Gasteiger partial charge is 0.0271 e. The first-order valence-electron chi connectivity index (χ1n) is 6.11. The van der Waals surface area contributed by atoms with E-state index < -0.39 is 0 Å². The average Bonchev–Trinajstić information content (AvgIpc) is 2.32. The van der Waals surface area contributed by atoms with Crippen LogP contribution in [0.25, 0.3) is 0 Å². The van der Waals surface area contributed by atoms with Gasteiger partial charge in [-0.2, -0.15) is 0 Å². The summed E-state index contributed by atoms with van der Waals surface area (Å²) in [7, 11) is 0. The Hall–Kier alpha value is -0.930. The summed E-state index contributed by atoms with van der Waals surface area (Å²) >= 11 is 0. The first-order chi connectivity index (χ1) is 7.77. The van der Waals surface area contributed by atoms with Crippen molar-refractivity contribution in [1.82, 2.24) is 15.2 Å². The molecule has 0 radical (unpaired) electrons. The number of rotatable bonds is 7. The second-order valence-corrected chi connectivity index (χ2v) is 4.06. The highest BCUT2D eigenvalue weighted by Crippen LogP contribution is 1.98. The first kappa shape index (κ1) is 13.1. The van der Waals surface area contributed by atoms with Crippen LogP contribution in [0.4, 0.5) is 0 Å². The lowest BCUT2D eigenvalue weighted by Gasteiger charge is -2.26. The molecular formula is C13H23N3. The molecule has 1 aromatic heterocycles. The SMILES string of the molecule is CCN(CC)C(C)CNCc1ccncc1. The van der Waals surface area contributed by atoms with E-state index >= 15 is 0 Å². The minimum Gasteiger partial charge on any atom is -0.311 e. The molecule has 1 unspecified atom stereocenters. The van der Waals surface area contributed by atoms with E-state index in [1.165, 1.54) is 5.56 Å². The number of likely N-dealkylation sites (N-methyl/N-ethyl adjacent to an activating group) is 1. The van der Waals surface area contributed by atoms with Crippen molar-refractivity contribution in [3.05, 3.63) is 30.1 Å². The molecule has 1 heterocycles. The van der Waals surface area contributed by atoms with Gasteiger partial charge in [-0.05, 0) is 37.7 Å². The topological polar surface area (TPSA) is 28.2 Å². The molecule has 16 heavy (non-hydrogen) atoms. The van der Waals surface area contributed by atoms with Crippen molar-refractivity contribution in [3.63, 3.8) is 0 Å². The van der Waals surface area contributed by atoms with Crippen molar-refractivity contribution >= 4 is 0 Å². The molecule has 1 N–H and O–H groups in total. The van der Waals surface area contributed by atoms with Crippen LogP contribution in [-0.4, -0.2) is 35.6 Å². The number of nitrogens with one attached hydrogen (secondary N) is 1. The fourth-order valence-electron chi connectivity index (χ4n) is 1.90. The zero-order valence-electron chi connectivity index (χ0n) is 10.6. The third kappa shape index (κ3) is 4.29. The van der Waals surface area contributed by atoms with E-state index in [4.69, 9.17) is 0 Å². The Balaban J connectivity index is 2.25. The minimum absolute atomic E-state index is 0.594. The lowest BCUT2D eigenvalue weighted by Crippen LogP contribution is -2.39. The van der Waals surface area contributed by atoms with Crippen molar-refractivity contribution in [2.24, 2.45) is 0 Å². The molecule has 0 aliphatic rings. The summed E-state index contributed by atoms with van der Waals surface area (Å²) in [5.74, 6) is 0. The van der Waals surface area contributed by atoms with Crippen molar-refractivity contribution in [1.29, 1.82) is 0 Å². The molecule has 1 aromatic rings. The van der Waals surface area contributed by atoms with Crippen LogP contribution in [-0.2, 0) is 6.54 Å². The molecule has 3 heteroatoms. The van der Waals surface area contributed by atoms with Gasteiger partial charge in [0.2, 0.25) is 0 Å². The van der Waals surface area contributed by atoms with Crippen LogP contribution in [0.3, 0.4) is 0 Å². The highest BCUT2D eigenvalue weighted by atomic mass is 15.2. The molecular weight excluding hydrogens is 198 g/mol. The van der Waals surface area contributed by atoms with Crippen molar-refractivity contribution in [2.45, 2.75) is 33.4 Å². The Morgan fingerprint density at radius 2 is 1.88 bits per heavy atom. The van der Waals surface area contributed by atoms with Gasteiger partial charge in [-0.1, -0.05) is 13.8 Å². The lowest BCUT2D eigenvalue weighted by molar-refractivity contribution is 0.225. The lowest BCUT2D eigenvalue weighted by atomic mass is 10.2. The number of hydrogen-bond acceptors (Lipinski definition) is 3. The van der Waals surface area contributed by atoms with Crippen molar-refractivity contribution in [3.8, 4) is 0 Å². The molecule has 1 rings (SSSR count). The maximum Gasteiger partial charge on any atom is 0.0271 e. The van der Waals surface area contributed by atoms with Gasteiger partial charge in [-0.25, -0.2) is 0 Å². The second-order valence-electron chi connectivity index (χ2n) is 4.06. The molecule has 0 saturated carbocycles. The molecule has 0 spiro atoms. The maximum atomic E-state index is 4.01. The zero-order valence-corrected chi connectivity index (χ0v) is 10.6. The summed E-state index contributed by atoms with van der Waals surface area (Å²) in [5.41, 5.74) is 1.29. The molecule has 0 saturated heterocycles. The van der Waals surface area contributed by atoms with Gasteiger partial charge in [0.05, 0.1) is 0 Å². The highest BCUT2D eigenvalue weighted by Gasteiger charge is 2.08. The number of nitrogens with zero attached hydrogens (tertiary/aromatic N) is 2. The van der Waals surface area contributed by atoms with Gasteiger partial charge < -0.3 is 5.32 Å². The quantitative estimate of drug-likeness (QED) is 0.762. The van der Waals surface area contributed by atoms with Gasteiger partial charge in [0.15, 0.2) is 0 Å². The van der Waals surface area contributed by atoms with Crippen LogP contribution >= 0.6 is 0 Å². The number of aromatic nitrogens is 1. The zero-order chi connectivity index (χ0) is 11.8. The van der Waals surface area contributed by atoms with E-state index in [-0.39, 0.29) is 0 Å². The average molecular weight is 221 g/mol. The van der Waals surface area contributed by atoms with Gasteiger partial charge in [0.25, 0.3) is 0 Å². The Morgan fingerprint density at radius 1 is 1.25 bits per heavy atom. The van der Waals surface area contributed by atoms with Gasteiger partial charge in [-0.3, -0.25) is 9.88 Å². The van der Waals surface area contributed by atoms with Crippen LogP contribution in [0, 0.1) is 0 Å². The third-order valence-corrected chi connectivity index (χ3v) is 2.95. The fourth-order valence-corrected chi connectivity index (χ4v) is 1.90. The summed E-state index contributed by atoms with van der Waals surface area (Å²) in [6.07, 6.45) is 3.68. The highest BCUT2D eigenvalue weighted by molar-refractivity contribution is 5.08. The Kier molecular flexibility index (Phi) is 6.04. The van der Waals surface area contributed by atoms with Gasteiger partial charge in [0.1, 0.15) is 0 Å². The van der Waals surface area contributed by atoms with E-state index in [2.05, 4.69) is 48.1 Å². The van der Waals surface area contributed by atoms with E-state index in [0.717, 1.165) is 26.2 Å². The molecule has 1 atom stereocenters. The number of hydrogen-bond donors (Lipinski definition) is 1. The van der Waals surface area contributed by atoms with Crippen LogP contribution < -0.4 is 5.32 Å². The van der Waals surface area contributed by atoms with Crippen LogP contribution in [0.5, 0.6) is 0 Å². The third-order valence-electron chi connectivity index (χ3n) is 2.95. The Bertz CT molecular complexity index is 270. The molecule has 3 nitrogen and oxygen atoms in total. The van der Waals surface area contributed by atoms with Crippen molar-refractivity contribution < 1.29 is 0 Å². The largest absolute Gasteiger partial charge is 0.311 e. The van der Waals surface area contributed by atoms with Gasteiger partial charge in [0, 0.05) is 31.5 Å². The van der Waals surface area contributed by atoms with E-state index in [1.807, 2.05) is 12.4 Å². The molecule has 0 fully saturated rings. The molecule has 0 amide bonds. The fraction of sp³-hybridized carbons (Fsp3) is 0.615. The molecule has 90 valence electrons. The molecule has 0 bridgehead atoms. The summed E-state index contributed by atoms with van der Waals surface area (Å²) < 4.78 is 0. The Labute approximate surface area is 98.9 Å². The van der Waals surface area contributed by atoms with Gasteiger partial charge in [-0.15, -0.1) is 0 Å². The summed E-state index contributed by atoms with van der Waals surface area (Å²) in [4.78, 5) is 6.47. The first-order valence-corrected chi connectivity index (χ1v) is 6.11. The monoisotopic (exact) mass is 221 g/mol. The molecule has 0 aliphatic heterocycles. The predicted molar refractivity (Wildman–Crippen MR) is 68.3 cm³/mol. The summed E-state index contributed by atoms with van der Waals surface area (Å²) in [6, 6.07) is 4.70. The predicted octanol–water partition coefficient (Wildman–Crippen LogP) is 1.90.